The molecule has 0 atom stereocenters. The highest BCUT2D eigenvalue weighted by Gasteiger charge is 2.10. The van der Waals surface area contributed by atoms with Crippen molar-refractivity contribution in [3.8, 4) is 0 Å². The SMILES string of the molecule is O=C(Nc1cccc([N+](=O)[O-])c1)/C(Br)=C/c1ccccc1. The van der Waals surface area contributed by atoms with Gasteiger partial charge in [0, 0.05) is 17.8 Å². The van der Waals surface area contributed by atoms with Gasteiger partial charge in [-0.1, -0.05) is 36.4 Å². The number of nitro benzene ring substituents is 1. The zero-order chi connectivity index (χ0) is 15.2. The lowest BCUT2D eigenvalue weighted by atomic mass is 10.2. The molecule has 0 aliphatic rings. The molecule has 0 unspecified atom stereocenters. The van der Waals surface area contributed by atoms with Crippen LogP contribution in [0.1, 0.15) is 5.56 Å². The van der Waals surface area contributed by atoms with E-state index in [9.17, 15) is 14.9 Å². The average molecular weight is 347 g/mol. The number of non-ortho nitro benzene ring substituents is 1. The molecule has 0 bridgehead atoms. The minimum absolute atomic E-state index is 0.0732. The molecule has 1 N–H and O–H groups in total. The highest BCUT2D eigenvalue weighted by Crippen LogP contribution is 2.19. The van der Waals surface area contributed by atoms with E-state index in [-0.39, 0.29) is 11.6 Å². The Morgan fingerprint density at radius 1 is 1.14 bits per heavy atom. The lowest BCUT2D eigenvalue weighted by molar-refractivity contribution is -0.384. The highest BCUT2D eigenvalue weighted by molar-refractivity contribution is 9.12. The molecule has 21 heavy (non-hydrogen) atoms. The number of nitrogens with one attached hydrogen (secondary N) is 1. The lowest BCUT2D eigenvalue weighted by Crippen LogP contribution is -2.11. The predicted octanol–water partition coefficient (Wildman–Crippen LogP) is 3.97. The molecule has 0 aliphatic heterocycles. The van der Waals surface area contributed by atoms with Crippen LogP contribution in [0.5, 0.6) is 0 Å². The second kappa shape index (κ2) is 6.81. The Morgan fingerprint density at radius 2 is 1.86 bits per heavy atom. The third kappa shape index (κ3) is 4.25. The minimum atomic E-state index is -0.509. The number of rotatable bonds is 4. The van der Waals surface area contributed by atoms with Crippen LogP contribution in [0.3, 0.4) is 0 Å². The van der Waals surface area contributed by atoms with Crippen molar-refractivity contribution in [2.24, 2.45) is 0 Å². The van der Waals surface area contributed by atoms with Crippen molar-refractivity contribution in [3.63, 3.8) is 0 Å². The number of hydrogen-bond acceptors (Lipinski definition) is 3. The third-order valence-corrected chi connectivity index (χ3v) is 3.21. The van der Waals surface area contributed by atoms with Crippen LogP contribution in [0.25, 0.3) is 6.08 Å². The Hall–Kier alpha value is -2.47. The van der Waals surface area contributed by atoms with Crippen molar-refractivity contribution >= 4 is 39.3 Å². The first kappa shape index (κ1) is 14.9. The summed E-state index contributed by atoms with van der Waals surface area (Å²) in [6, 6.07) is 15.1. The predicted molar refractivity (Wildman–Crippen MR) is 85.1 cm³/mol. The van der Waals surface area contributed by atoms with E-state index in [4.69, 9.17) is 0 Å². The molecule has 0 heterocycles. The van der Waals surface area contributed by atoms with Crippen LogP contribution in [0.2, 0.25) is 0 Å². The van der Waals surface area contributed by atoms with Gasteiger partial charge in [-0.15, -0.1) is 0 Å². The normalized spacial score (nSPS) is 11.0. The zero-order valence-electron chi connectivity index (χ0n) is 10.8. The summed E-state index contributed by atoms with van der Waals surface area (Å²) < 4.78 is 0.334. The molecular weight excluding hydrogens is 336 g/mol. The Bertz CT molecular complexity index is 699. The van der Waals surface area contributed by atoms with Crippen molar-refractivity contribution < 1.29 is 9.72 Å². The van der Waals surface area contributed by atoms with Gasteiger partial charge in [0.15, 0.2) is 0 Å². The number of carbonyl (C=O) groups excluding carboxylic acids is 1. The molecule has 5 nitrogen and oxygen atoms in total. The summed E-state index contributed by atoms with van der Waals surface area (Å²) in [7, 11) is 0. The number of nitro groups is 1. The molecule has 106 valence electrons. The second-order valence-corrected chi connectivity index (χ2v) is 5.02. The van der Waals surface area contributed by atoms with Gasteiger partial charge in [-0.2, -0.15) is 0 Å². The topological polar surface area (TPSA) is 72.2 Å². The van der Waals surface area contributed by atoms with E-state index in [1.54, 1.807) is 12.1 Å². The standard InChI is InChI=1S/C15H11BrN2O3/c16-14(9-11-5-2-1-3-6-11)15(19)17-12-7-4-8-13(10-12)18(20)21/h1-10H,(H,17,19)/b14-9-. The van der Waals surface area contributed by atoms with Crippen LogP contribution in [0.4, 0.5) is 11.4 Å². The zero-order valence-corrected chi connectivity index (χ0v) is 12.4. The Kier molecular flexibility index (Phi) is 4.84. The molecule has 0 aliphatic carbocycles. The maximum atomic E-state index is 12.0. The van der Waals surface area contributed by atoms with Crippen LogP contribution < -0.4 is 5.32 Å². The van der Waals surface area contributed by atoms with Crippen LogP contribution in [0.15, 0.2) is 59.1 Å². The van der Waals surface area contributed by atoms with E-state index in [2.05, 4.69) is 21.2 Å². The first-order chi connectivity index (χ1) is 10.1. The molecule has 0 saturated heterocycles. The van der Waals surface area contributed by atoms with Crippen molar-refractivity contribution in [1.29, 1.82) is 0 Å². The lowest BCUT2D eigenvalue weighted by Gasteiger charge is -2.04. The van der Waals surface area contributed by atoms with Crippen molar-refractivity contribution in [2.45, 2.75) is 0 Å². The maximum absolute atomic E-state index is 12.0. The van der Waals surface area contributed by atoms with Gasteiger partial charge in [-0.05, 0) is 33.6 Å². The summed E-state index contributed by atoms with van der Waals surface area (Å²) >= 11 is 3.20. The van der Waals surface area contributed by atoms with Gasteiger partial charge in [-0.25, -0.2) is 0 Å². The van der Waals surface area contributed by atoms with Gasteiger partial charge in [0.2, 0.25) is 0 Å². The van der Waals surface area contributed by atoms with Crippen molar-refractivity contribution in [2.75, 3.05) is 5.32 Å². The van der Waals surface area contributed by atoms with Gasteiger partial charge in [-0.3, -0.25) is 14.9 Å². The average Bonchev–Trinajstić information content (AvgIpc) is 2.48. The molecular formula is C15H11BrN2O3. The first-order valence-corrected chi connectivity index (χ1v) is 6.83. The number of halogens is 1. The van der Waals surface area contributed by atoms with Crippen LogP contribution in [-0.4, -0.2) is 10.8 Å². The van der Waals surface area contributed by atoms with Crippen molar-refractivity contribution in [3.05, 3.63) is 74.8 Å². The summed E-state index contributed by atoms with van der Waals surface area (Å²) in [4.78, 5) is 22.2. The largest absolute Gasteiger partial charge is 0.321 e. The molecule has 2 rings (SSSR count). The third-order valence-electron chi connectivity index (χ3n) is 2.62. The molecule has 0 fully saturated rings. The molecule has 2 aromatic rings. The van der Waals surface area contributed by atoms with E-state index in [1.165, 1.54) is 18.2 Å². The molecule has 2 aromatic carbocycles. The number of anilines is 1. The van der Waals surface area contributed by atoms with Crippen LogP contribution in [0, 0.1) is 10.1 Å². The minimum Gasteiger partial charge on any atom is -0.321 e. The molecule has 6 heteroatoms. The number of carbonyl (C=O) groups is 1. The summed E-state index contributed by atoms with van der Waals surface area (Å²) in [5, 5.41) is 13.3. The Balaban J connectivity index is 2.12. The molecule has 0 aromatic heterocycles. The van der Waals surface area contributed by atoms with E-state index >= 15 is 0 Å². The molecule has 0 radical (unpaired) electrons. The molecule has 1 amide bonds. The van der Waals surface area contributed by atoms with Gasteiger partial charge in [0.1, 0.15) is 0 Å². The van der Waals surface area contributed by atoms with E-state index in [1.807, 2.05) is 30.3 Å². The summed E-state index contributed by atoms with van der Waals surface area (Å²) in [5.41, 5.74) is 1.17. The fraction of sp³-hybridized carbons (Fsp3) is 0. The van der Waals surface area contributed by atoms with Gasteiger partial charge in [0.25, 0.3) is 11.6 Å². The quantitative estimate of drug-likeness (QED) is 0.517. The van der Waals surface area contributed by atoms with Gasteiger partial charge >= 0.3 is 0 Å². The van der Waals surface area contributed by atoms with Crippen molar-refractivity contribution in [1.82, 2.24) is 0 Å². The highest BCUT2D eigenvalue weighted by atomic mass is 79.9. The molecule has 0 spiro atoms. The van der Waals surface area contributed by atoms with E-state index in [0.717, 1.165) is 5.56 Å². The monoisotopic (exact) mass is 346 g/mol. The number of hydrogen-bond donors (Lipinski definition) is 1. The number of amides is 1. The Labute approximate surface area is 129 Å². The number of nitrogens with zero attached hydrogens (tertiary/aromatic N) is 1. The molecule has 0 saturated carbocycles. The van der Waals surface area contributed by atoms with Gasteiger partial charge in [0.05, 0.1) is 9.41 Å². The van der Waals surface area contributed by atoms with E-state index < -0.39 is 4.92 Å². The fourth-order valence-corrected chi connectivity index (χ4v) is 2.01. The van der Waals surface area contributed by atoms with Crippen LogP contribution >= 0.6 is 15.9 Å². The smallest absolute Gasteiger partial charge is 0.271 e. The summed E-state index contributed by atoms with van der Waals surface area (Å²) in [6.45, 7) is 0. The first-order valence-electron chi connectivity index (χ1n) is 6.04. The number of benzene rings is 2. The van der Waals surface area contributed by atoms with Gasteiger partial charge < -0.3 is 5.32 Å². The fourth-order valence-electron chi connectivity index (χ4n) is 1.65. The summed E-state index contributed by atoms with van der Waals surface area (Å²) in [5.74, 6) is -0.376. The maximum Gasteiger partial charge on any atom is 0.271 e. The van der Waals surface area contributed by atoms with Crippen LogP contribution in [-0.2, 0) is 4.79 Å². The van der Waals surface area contributed by atoms with E-state index in [0.29, 0.717) is 10.2 Å². The second-order valence-electron chi connectivity index (χ2n) is 4.16. The Morgan fingerprint density at radius 3 is 2.52 bits per heavy atom. The summed E-state index contributed by atoms with van der Waals surface area (Å²) in [6.07, 6.45) is 1.67.